The van der Waals surface area contributed by atoms with Crippen molar-refractivity contribution in [3.63, 3.8) is 0 Å². The van der Waals surface area contributed by atoms with Crippen LogP contribution in [0.15, 0.2) is 17.5 Å². The SMILES string of the molecule is CC(=O)N1CCC(C(=O)N2CCSC(c3cccs3)CC2)CC1. The van der Waals surface area contributed by atoms with Crippen LogP contribution in [-0.4, -0.2) is 53.5 Å². The summed E-state index contributed by atoms with van der Waals surface area (Å²) in [7, 11) is 0. The van der Waals surface area contributed by atoms with Crippen molar-refractivity contribution in [3.8, 4) is 0 Å². The molecule has 1 aromatic heterocycles. The van der Waals surface area contributed by atoms with Crippen molar-refractivity contribution in [2.75, 3.05) is 31.9 Å². The number of nitrogens with zero attached hydrogens (tertiary/aromatic N) is 2. The lowest BCUT2D eigenvalue weighted by Crippen LogP contribution is -2.44. The predicted molar refractivity (Wildman–Crippen MR) is 95.7 cm³/mol. The average molecular weight is 353 g/mol. The van der Waals surface area contributed by atoms with E-state index in [0.717, 1.165) is 51.2 Å². The number of piperidine rings is 1. The molecule has 1 aromatic rings. The van der Waals surface area contributed by atoms with Crippen molar-refractivity contribution in [1.82, 2.24) is 9.80 Å². The molecule has 0 saturated carbocycles. The van der Waals surface area contributed by atoms with Crippen LogP contribution in [0.25, 0.3) is 0 Å². The maximum atomic E-state index is 12.8. The zero-order chi connectivity index (χ0) is 16.2. The molecule has 0 aromatic carbocycles. The van der Waals surface area contributed by atoms with Crippen molar-refractivity contribution < 1.29 is 9.59 Å². The van der Waals surface area contributed by atoms with Crippen LogP contribution in [0, 0.1) is 5.92 Å². The Morgan fingerprint density at radius 3 is 2.48 bits per heavy atom. The van der Waals surface area contributed by atoms with Gasteiger partial charge in [-0.3, -0.25) is 9.59 Å². The van der Waals surface area contributed by atoms with Crippen LogP contribution in [0.3, 0.4) is 0 Å². The Morgan fingerprint density at radius 1 is 1.09 bits per heavy atom. The van der Waals surface area contributed by atoms with Crippen LogP contribution >= 0.6 is 23.1 Å². The highest BCUT2D eigenvalue weighted by Crippen LogP contribution is 2.37. The molecule has 6 heteroatoms. The van der Waals surface area contributed by atoms with Gasteiger partial charge in [0.05, 0.1) is 0 Å². The molecule has 0 bridgehead atoms. The van der Waals surface area contributed by atoms with E-state index in [0.29, 0.717) is 11.2 Å². The van der Waals surface area contributed by atoms with Gasteiger partial charge in [-0.25, -0.2) is 0 Å². The summed E-state index contributed by atoms with van der Waals surface area (Å²) in [4.78, 5) is 29.5. The van der Waals surface area contributed by atoms with Gasteiger partial charge in [-0.2, -0.15) is 11.8 Å². The van der Waals surface area contributed by atoms with E-state index in [1.54, 1.807) is 6.92 Å². The second-order valence-corrected chi connectivity index (χ2v) is 8.56. The van der Waals surface area contributed by atoms with Crippen LogP contribution in [0.4, 0.5) is 0 Å². The van der Waals surface area contributed by atoms with Gasteiger partial charge in [-0.05, 0) is 30.7 Å². The van der Waals surface area contributed by atoms with E-state index < -0.39 is 0 Å². The van der Waals surface area contributed by atoms with Gasteiger partial charge < -0.3 is 9.80 Å². The molecule has 0 spiro atoms. The maximum Gasteiger partial charge on any atom is 0.225 e. The monoisotopic (exact) mass is 352 g/mol. The molecule has 3 rings (SSSR count). The first kappa shape index (κ1) is 16.8. The van der Waals surface area contributed by atoms with Gasteiger partial charge in [0.25, 0.3) is 0 Å². The molecule has 23 heavy (non-hydrogen) atoms. The van der Waals surface area contributed by atoms with Gasteiger partial charge in [-0.15, -0.1) is 11.3 Å². The third-order valence-corrected chi connectivity index (χ3v) is 7.25. The molecule has 2 aliphatic rings. The fourth-order valence-corrected chi connectivity index (χ4v) is 5.63. The van der Waals surface area contributed by atoms with Crippen LogP contribution in [0.2, 0.25) is 0 Å². The van der Waals surface area contributed by atoms with Crippen LogP contribution in [0.5, 0.6) is 0 Å². The topological polar surface area (TPSA) is 40.6 Å². The van der Waals surface area contributed by atoms with E-state index >= 15 is 0 Å². The molecule has 1 atom stereocenters. The Kier molecular flexibility index (Phi) is 5.64. The lowest BCUT2D eigenvalue weighted by atomic mass is 9.95. The second-order valence-electron chi connectivity index (χ2n) is 6.27. The maximum absolute atomic E-state index is 12.8. The Hall–Kier alpha value is -1.01. The first-order valence-electron chi connectivity index (χ1n) is 8.34. The number of hydrogen-bond donors (Lipinski definition) is 0. The summed E-state index contributed by atoms with van der Waals surface area (Å²) in [5.41, 5.74) is 0. The van der Waals surface area contributed by atoms with E-state index in [-0.39, 0.29) is 11.8 Å². The molecule has 4 nitrogen and oxygen atoms in total. The zero-order valence-corrected chi connectivity index (χ0v) is 15.2. The molecule has 2 saturated heterocycles. The lowest BCUT2D eigenvalue weighted by Gasteiger charge is -2.33. The summed E-state index contributed by atoms with van der Waals surface area (Å²) in [6.45, 7) is 4.79. The smallest absolute Gasteiger partial charge is 0.225 e. The number of carbonyl (C=O) groups is 2. The van der Waals surface area contributed by atoms with Crippen molar-refractivity contribution in [2.24, 2.45) is 5.92 Å². The fraction of sp³-hybridized carbons (Fsp3) is 0.647. The summed E-state index contributed by atoms with van der Waals surface area (Å²) in [6, 6.07) is 4.31. The molecule has 1 unspecified atom stereocenters. The van der Waals surface area contributed by atoms with Crippen LogP contribution in [-0.2, 0) is 9.59 Å². The van der Waals surface area contributed by atoms with Crippen molar-refractivity contribution in [3.05, 3.63) is 22.4 Å². The van der Waals surface area contributed by atoms with Gasteiger partial charge in [-0.1, -0.05) is 6.07 Å². The van der Waals surface area contributed by atoms with Crippen molar-refractivity contribution in [2.45, 2.75) is 31.4 Å². The first-order valence-corrected chi connectivity index (χ1v) is 10.3. The summed E-state index contributed by atoms with van der Waals surface area (Å²) >= 11 is 3.80. The number of carbonyl (C=O) groups excluding carboxylic acids is 2. The molecular formula is C17H24N2O2S2. The zero-order valence-electron chi connectivity index (χ0n) is 13.6. The van der Waals surface area contributed by atoms with Gasteiger partial charge in [0, 0.05) is 54.9 Å². The van der Waals surface area contributed by atoms with Gasteiger partial charge in [0.2, 0.25) is 11.8 Å². The fourth-order valence-electron chi connectivity index (χ4n) is 3.39. The molecule has 2 aliphatic heterocycles. The Morgan fingerprint density at radius 2 is 1.83 bits per heavy atom. The number of thiophene rings is 1. The minimum Gasteiger partial charge on any atom is -0.343 e. The number of hydrogen-bond acceptors (Lipinski definition) is 4. The summed E-state index contributed by atoms with van der Waals surface area (Å²) in [6.07, 6.45) is 2.68. The van der Waals surface area contributed by atoms with Gasteiger partial charge >= 0.3 is 0 Å². The second kappa shape index (κ2) is 7.71. The van der Waals surface area contributed by atoms with E-state index in [2.05, 4.69) is 22.4 Å². The average Bonchev–Trinajstić information content (AvgIpc) is 2.99. The van der Waals surface area contributed by atoms with E-state index in [1.807, 2.05) is 28.0 Å². The molecule has 0 aliphatic carbocycles. The Bertz CT molecular complexity index is 539. The normalized spacial score (nSPS) is 23.6. The number of thioether (sulfide) groups is 1. The summed E-state index contributed by atoms with van der Waals surface area (Å²) < 4.78 is 0. The molecule has 2 fully saturated rings. The predicted octanol–water partition coefficient (Wildman–Crippen LogP) is 3.01. The highest BCUT2D eigenvalue weighted by molar-refractivity contribution is 7.99. The third-order valence-electron chi connectivity index (χ3n) is 4.80. The van der Waals surface area contributed by atoms with Crippen molar-refractivity contribution >= 4 is 34.9 Å². The standard InChI is InChI=1S/C17H24N2O2S2/c1-13(20)18-7-4-14(5-8-18)17(21)19-9-6-16(23-12-10-19)15-3-2-11-22-15/h2-3,11,14,16H,4-10,12H2,1H3. The van der Waals surface area contributed by atoms with E-state index in [4.69, 9.17) is 0 Å². The van der Waals surface area contributed by atoms with Gasteiger partial charge in [0.1, 0.15) is 0 Å². The first-order chi connectivity index (χ1) is 11.1. The number of likely N-dealkylation sites (tertiary alicyclic amines) is 1. The Balaban J connectivity index is 1.53. The van der Waals surface area contributed by atoms with Crippen LogP contribution in [0.1, 0.15) is 36.3 Å². The molecule has 126 valence electrons. The minimum absolute atomic E-state index is 0.105. The minimum atomic E-state index is 0.105. The van der Waals surface area contributed by atoms with E-state index in [9.17, 15) is 9.59 Å². The third kappa shape index (κ3) is 4.10. The summed E-state index contributed by atoms with van der Waals surface area (Å²) in [5.74, 6) is 1.55. The number of rotatable bonds is 2. The van der Waals surface area contributed by atoms with E-state index in [1.165, 1.54) is 4.88 Å². The molecule has 0 N–H and O–H groups in total. The molecule has 2 amide bonds. The molecule has 0 radical (unpaired) electrons. The summed E-state index contributed by atoms with van der Waals surface area (Å²) in [5, 5.41) is 2.67. The highest BCUT2D eigenvalue weighted by Gasteiger charge is 2.30. The quantitative estimate of drug-likeness (QED) is 0.821. The van der Waals surface area contributed by atoms with Gasteiger partial charge in [0.15, 0.2) is 0 Å². The largest absolute Gasteiger partial charge is 0.343 e. The lowest BCUT2D eigenvalue weighted by molar-refractivity contribution is -0.139. The molecular weight excluding hydrogens is 328 g/mol. The highest BCUT2D eigenvalue weighted by atomic mass is 32.2. The number of amides is 2. The van der Waals surface area contributed by atoms with Crippen LogP contribution < -0.4 is 0 Å². The Labute approximate surface area is 146 Å². The van der Waals surface area contributed by atoms with Crippen molar-refractivity contribution in [1.29, 1.82) is 0 Å². The molecule has 3 heterocycles.